The summed E-state index contributed by atoms with van der Waals surface area (Å²) in [5.41, 5.74) is 2.14. The Morgan fingerprint density at radius 3 is 2.62 bits per heavy atom. The minimum Gasteiger partial charge on any atom is -0.507 e. The third-order valence-corrected chi connectivity index (χ3v) is 5.07. The molecular weight excluding hydrogens is 332 g/mol. The Balaban J connectivity index is 2.16. The second-order valence-electron chi connectivity index (χ2n) is 6.68. The largest absolute Gasteiger partial charge is 0.507 e. The molecule has 0 amide bonds. The van der Waals surface area contributed by atoms with Crippen LogP contribution in [0.4, 0.5) is 0 Å². The van der Waals surface area contributed by atoms with Crippen molar-refractivity contribution >= 4 is 5.78 Å². The molecule has 26 heavy (non-hydrogen) atoms. The summed E-state index contributed by atoms with van der Waals surface area (Å²) >= 11 is 0. The van der Waals surface area contributed by atoms with E-state index in [-0.39, 0.29) is 35.2 Å². The van der Waals surface area contributed by atoms with Crippen molar-refractivity contribution in [3.8, 4) is 17.2 Å². The number of Topliss-reactive ketones (excluding diaryl/α,β-unsaturated/α-hetero) is 1. The first-order valence-corrected chi connectivity index (χ1v) is 8.92. The number of hydrogen-bond acceptors (Lipinski definition) is 5. The first kappa shape index (κ1) is 18.3. The topological polar surface area (TPSA) is 87.0 Å². The molecule has 2 atom stereocenters. The van der Waals surface area contributed by atoms with Crippen LogP contribution in [-0.2, 0) is 0 Å². The van der Waals surface area contributed by atoms with Gasteiger partial charge in [-0.3, -0.25) is 4.79 Å². The van der Waals surface area contributed by atoms with E-state index in [4.69, 9.17) is 4.74 Å². The molecule has 1 aliphatic carbocycles. The number of fused-ring (bicyclic) bond motifs is 1. The van der Waals surface area contributed by atoms with E-state index in [1.165, 1.54) is 6.07 Å². The number of phenolic OH excluding ortho intramolecular Hbond substituents is 2. The minimum atomic E-state index is -0.586. The van der Waals surface area contributed by atoms with Gasteiger partial charge < -0.3 is 20.1 Å². The predicted molar refractivity (Wildman–Crippen MR) is 98.0 cm³/mol. The summed E-state index contributed by atoms with van der Waals surface area (Å²) in [4.78, 5) is 12.4. The second kappa shape index (κ2) is 7.38. The fraction of sp³-hybridized carbons (Fsp3) is 0.381. The van der Waals surface area contributed by atoms with Crippen molar-refractivity contribution in [2.75, 3.05) is 7.11 Å². The van der Waals surface area contributed by atoms with E-state index in [0.29, 0.717) is 30.6 Å². The lowest BCUT2D eigenvalue weighted by Crippen LogP contribution is -2.17. The molecule has 0 aromatic heterocycles. The smallest absolute Gasteiger partial charge is 0.170 e. The van der Waals surface area contributed by atoms with Crippen LogP contribution in [0.2, 0.25) is 0 Å². The highest BCUT2D eigenvalue weighted by atomic mass is 16.5. The molecule has 3 rings (SSSR count). The van der Waals surface area contributed by atoms with Gasteiger partial charge in [0.1, 0.15) is 22.8 Å². The summed E-state index contributed by atoms with van der Waals surface area (Å²) in [5.74, 6) is -0.249. The van der Waals surface area contributed by atoms with Gasteiger partial charge in [-0.1, -0.05) is 25.1 Å². The first-order chi connectivity index (χ1) is 12.5. The summed E-state index contributed by atoms with van der Waals surface area (Å²) in [6.07, 6.45) is 1.46. The third-order valence-electron chi connectivity index (χ3n) is 5.07. The van der Waals surface area contributed by atoms with Crippen molar-refractivity contribution < 1.29 is 24.9 Å². The molecular formula is C21H24O5. The molecule has 1 aliphatic rings. The van der Waals surface area contributed by atoms with Gasteiger partial charge >= 0.3 is 0 Å². The van der Waals surface area contributed by atoms with Crippen molar-refractivity contribution in [1.82, 2.24) is 0 Å². The third kappa shape index (κ3) is 3.03. The monoisotopic (exact) mass is 356 g/mol. The van der Waals surface area contributed by atoms with Crippen LogP contribution in [0.25, 0.3) is 0 Å². The SMILES string of the molecule is CCCC(=O)c1c(O)ccc([C@H]2CC[C@@H](O)c3cccc(OC)c32)c1O. The normalized spacial score (nSPS) is 19.0. The number of benzene rings is 2. The Morgan fingerprint density at radius 2 is 1.92 bits per heavy atom. The van der Waals surface area contributed by atoms with Gasteiger partial charge in [0, 0.05) is 23.5 Å². The van der Waals surface area contributed by atoms with Gasteiger partial charge in [-0.2, -0.15) is 0 Å². The Hall–Kier alpha value is -2.53. The number of ketones is 1. The maximum absolute atomic E-state index is 12.4. The number of rotatable bonds is 5. The molecule has 3 N–H and O–H groups in total. The minimum absolute atomic E-state index is 0.0214. The zero-order valence-corrected chi connectivity index (χ0v) is 15.0. The van der Waals surface area contributed by atoms with Gasteiger partial charge in [-0.05, 0) is 37.0 Å². The fourth-order valence-electron chi connectivity index (χ4n) is 3.84. The van der Waals surface area contributed by atoms with Crippen LogP contribution in [0.1, 0.15) is 71.7 Å². The fourth-order valence-corrected chi connectivity index (χ4v) is 3.84. The standard InChI is InChI=1S/C21H24O5/c1-3-5-16(23)20-17(24)11-9-13(21(20)25)12-8-10-15(22)14-6-4-7-18(26-2)19(12)14/h4,6-7,9,11-12,15,22,24-25H,3,5,8,10H2,1-2H3/t12-,15-/m1/s1. The highest BCUT2D eigenvalue weighted by molar-refractivity contribution is 6.01. The summed E-state index contributed by atoms with van der Waals surface area (Å²) < 4.78 is 5.48. The molecule has 2 aromatic carbocycles. The number of ether oxygens (including phenoxy) is 1. The van der Waals surface area contributed by atoms with E-state index in [2.05, 4.69) is 0 Å². The van der Waals surface area contributed by atoms with Gasteiger partial charge in [0.15, 0.2) is 5.78 Å². The Kier molecular flexibility index (Phi) is 5.18. The van der Waals surface area contributed by atoms with Crippen molar-refractivity contribution in [1.29, 1.82) is 0 Å². The molecule has 0 fully saturated rings. The van der Waals surface area contributed by atoms with Gasteiger partial charge in [0.25, 0.3) is 0 Å². The molecule has 0 saturated carbocycles. The van der Waals surface area contributed by atoms with Crippen LogP contribution in [0.3, 0.4) is 0 Å². The van der Waals surface area contributed by atoms with E-state index in [9.17, 15) is 20.1 Å². The van der Waals surface area contributed by atoms with Gasteiger partial charge in [0.2, 0.25) is 0 Å². The van der Waals surface area contributed by atoms with E-state index in [1.807, 2.05) is 25.1 Å². The summed E-state index contributed by atoms with van der Waals surface area (Å²) in [6, 6.07) is 8.61. The van der Waals surface area contributed by atoms with E-state index in [1.54, 1.807) is 13.2 Å². The number of aliphatic hydroxyl groups is 1. The number of hydrogen-bond donors (Lipinski definition) is 3. The molecule has 0 heterocycles. The van der Waals surface area contributed by atoms with Gasteiger partial charge in [0.05, 0.1) is 13.2 Å². The van der Waals surface area contributed by atoms with E-state index < -0.39 is 6.10 Å². The van der Waals surface area contributed by atoms with Crippen molar-refractivity contribution in [2.24, 2.45) is 0 Å². The van der Waals surface area contributed by atoms with Crippen LogP contribution >= 0.6 is 0 Å². The van der Waals surface area contributed by atoms with Gasteiger partial charge in [-0.15, -0.1) is 0 Å². The molecule has 0 radical (unpaired) electrons. The van der Waals surface area contributed by atoms with Crippen LogP contribution in [-0.4, -0.2) is 28.2 Å². The summed E-state index contributed by atoms with van der Waals surface area (Å²) in [7, 11) is 1.57. The molecule has 5 nitrogen and oxygen atoms in total. The lowest BCUT2D eigenvalue weighted by Gasteiger charge is -2.31. The molecule has 0 saturated heterocycles. The molecule has 0 unspecified atom stereocenters. The summed E-state index contributed by atoms with van der Waals surface area (Å²) in [5, 5.41) is 31.3. The first-order valence-electron chi connectivity index (χ1n) is 8.92. The lowest BCUT2D eigenvalue weighted by atomic mass is 9.76. The molecule has 138 valence electrons. The zero-order valence-electron chi connectivity index (χ0n) is 15.0. The Morgan fingerprint density at radius 1 is 1.15 bits per heavy atom. The average Bonchev–Trinajstić information content (AvgIpc) is 2.63. The van der Waals surface area contributed by atoms with Crippen molar-refractivity contribution in [3.63, 3.8) is 0 Å². The van der Waals surface area contributed by atoms with E-state index >= 15 is 0 Å². The average molecular weight is 356 g/mol. The highest BCUT2D eigenvalue weighted by Crippen LogP contribution is 2.49. The molecule has 0 bridgehead atoms. The van der Waals surface area contributed by atoms with E-state index in [0.717, 1.165) is 11.1 Å². The van der Waals surface area contributed by atoms with Crippen LogP contribution in [0.15, 0.2) is 30.3 Å². The van der Waals surface area contributed by atoms with Crippen LogP contribution < -0.4 is 4.74 Å². The molecule has 5 heteroatoms. The van der Waals surface area contributed by atoms with Crippen molar-refractivity contribution in [3.05, 3.63) is 52.6 Å². The molecule has 0 aliphatic heterocycles. The van der Waals surface area contributed by atoms with Crippen molar-refractivity contribution in [2.45, 2.75) is 44.6 Å². The number of aromatic hydroxyl groups is 2. The number of methoxy groups -OCH3 is 1. The number of carbonyl (C=O) groups is 1. The number of phenols is 2. The maximum Gasteiger partial charge on any atom is 0.170 e. The van der Waals surface area contributed by atoms with Gasteiger partial charge in [-0.25, -0.2) is 0 Å². The lowest BCUT2D eigenvalue weighted by molar-refractivity contribution is 0.0976. The Bertz CT molecular complexity index is 827. The summed E-state index contributed by atoms with van der Waals surface area (Å²) in [6.45, 7) is 1.87. The molecule has 0 spiro atoms. The number of aliphatic hydroxyl groups excluding tert-OH is 1. The Labute approximate surface area is 152 Å². The van der Waals surface area contributed by atoms with Crippen LogP contribution in [0, 0.1) is 0 Å². The molecule has 2 aromatic rings. The zero-order chi connectivity index (χ0) is 18.8. The second-order valence-corrected chi connectivity index (χ2v) is 6.68. The maximum atomic E-state index is 12.4. The van der Waals surface area contributed by atoms with Crippen LogP contribution in [0.5, 0.6) is 17.2 Å². The number of carbonyl (C=O) groups excluding carboxylic acids is 1. The predicted octanol–water partition coefficient (Wildman–Crippen LogP) is 4.05. The highest BCUT2D eigenvalue weighted by Gasteiger charge is 2.33. The quantitative estimate of drug-likeness (QED) is 0.704.